The number of nitrogens with zero attached hydrogens (tertiary/aromatic N) is 2. The van der Waals surface area contributed by atoms with Gasteiger partial charge in [0.1, 0.15) is 12.1 Å². The molecule has 34 heavy (non-hydrogen) atoms. The van der Waals surface area contributed by atoms with E-state index in [1.807, 2.05) is 42.5 Å². The normalized spacial score (nSPS) is 11.7. The van der Waals surface area contributed by atoms with Crippen molar-refractivity contribution >= 4 is 34.3 Å². The van der Waals surface area contributed by atoms with Crippen molar-refractivity contribution in [3.8, 4) is 0 Å². The molecule has 1 aromatic heterocycles. The number of aromatic carboxylic acids is 1. The number of carboxylic acid groups (broad SMARTS) is 1. The summed E-state index contributed by atoms with van der Waals surface area (Å²) in [6.45, 7) is 0.488. The number of rotatable bonds is 9. The molecule has 1 heterocycles. The van der Waals surface area contributed by atoms with Crippen LogP contribution >= 0.6 is 0 Å². The predicted octanol–water partition coefficient (Wildman–Crippen LogP) is 4.77. The van der Waals surface area contributed by atoms with E-state index in [0.717, 1.165) is 5.56 Å². The van der Waals surface area contributed by atoms with Crippen LogP contribution in [0, 0.1) is 0 Å². The molecule has 0 aliphatic rings. The Balaban J connectivity index is 1.63. The van der Waals surface area contributed by atoms with Gasteiger partial charge in [-0.3, -0.25) is 4.79 Å². The molecule has 1 atom stereocenters. The van der Waals surface area contributed by atoms with Crippen molar-refractivity contribution in [2.75, 3.05) is 24.4 Å². The number of carbonyl (C=O) groups excluding carboxylic acids is 1. The summed E-state index contributed by atoms with van der Waals surface area (Å²) in [5.74, 6) is -0.719. The number of hydrogen-bond acceptors (Lipinski definition) is 6. The van der Waals surface area contributed by atoms with Gasteiger partial charge >= 0.3 is 5.97 Å². The zero-order valence-electron chi connectivity index (χ0n) is 18.6. The molecule has 8 nitrogen and oxygen atoms in total. The third-order valence-corrected chi connectivity index (χ3v) is 5.40. The number of methoxy groups -OCH3 is 1. The van der Waals surface area contributed by atoms with E-state index in [-0.39, 0.29) is 17.5 Å². The minimum absolute atomic E-state index is 0.113. The summed E-state index contributed by atoms with van der Waals surface area (Å²) in [4.78, 5) is 32.7. The number of carboxylic acids is 1. The van der Waals surface area contributed by atoms with Crippen LogP contribution in [0.4, 0.5) is 11.5 Å². The Hall–Kier alpha value is -4.30. The molecule has 0 spiro atoms. The highest BCUT2D eigenvalue weighted by molar-refractivity contribution is 6.05. The lowest BCUT2D eigenvalue weighted by Gasteiger charge is -2.21. The van der Waals surface area contributed by atoms with Crippen molar-refractivity contribution in [3.05, 3.63) is 95.8 Å². The van der Waals surface area contributed by atoms with Gasteiger partial charge in [-0.25, -0.2) is 14.8 Å². The van der Waals surface area contributed by atoms with E-state index in [0.29, 0.717) is 41.0 Å². The Kier molecular flexibility index (Phi) is 7.10. The van der Waals surface area contributed by atoms with Gasteiger partial charge in [0, 0.05) is 30.4 Å². The van der Waals surface area contributed by atoms with Crippen LogP contribution in [0.2, 0.25) is 0 Å². The fourth-order valence-electron chi connectivity index (χ4n) is 3.72. The highest BCUT2D eigenvalue weighted by Crippen LogP contribution is 2.29. The van der Waals surface area contributed by atoms with E-state index >= 15 is 0 Å². The maximum Gasteiger partial charge on any atom is 0.337 e. The molecular formula is C26H24N4O4. The molecule has 8 heteroatoms. The first-order valence-corrected chi connectivity index (χ1v) is 10.8. The number of para-hydroxylation sites is 1. The first-order chi connectivity index (χ1) is 16.6. The third kappa shape index (κ3) is 5.19. The number of fused-ring (bicyclic) bond motifs is 1. The molecule has 0 saturated heterocycles. The Morgan fingerprint density at radius 2 is 1.79 bits per heavy atom. The van der Waals surface area contributed by atoms with Gasteiger partial charge in [0.25, 0.3) is 5.91 Å². The second kappa shape index (κ2) is 10.5. The van der Waals surface area contributed by atoms with Crippen LogP contribution in [0.3, 0.4) is 0 Å². The standard InChI is InChI=1S/C26H24N4O4/c1-34-14-13-22(30-24-20-11-6-12-21(26(32)33)23(20)27-16-28-24)18-9-5-10-19(15-18)29-25(31)17-7-3-2-4-8-17/h2-12,15-16,22H,13-14H2,1H3,(H,29,31)(H,32,33)(H,27,28,30). The monoisotopic (exact) mass is 456 g/mol. The number of nitrogens with one attached hydrogen (secondary N) is 2. The van der Waals surface area contributed by atoms with Gasteiger partial charge in [0.15, 0.2) is 0 Å². The highest BCUT2D eigenvalue weighted by Gasteiger charge is 2.17. The number of carbonyl (C=O) groups is 2. The molecule has 0 aliphatic carbocycles. The molecule has 0 bridgehead atoms. The van der Waals surface area contributed by atoms with E-state index in [4.69, 9.17) is 4.74 Å². The number of anilines is 2. The van der Waals surface area contributed by atoms with E-state index in [1.165, 1.54) is 12.4 Å². The highest BCUT2D eigenvalue weighted by atomic mass is 16.5. The van der Waals surface area contributed by atoms with Crippen LogP contribution in [-0.4, -0.2) is 40.7 Å². The largest absolute Gasteiger partial charge is 0.478 e. The Morgan fingerprint density at radius 1 is 1.00 bits per heavy atom. The van der Waals surface area contributed by atoms with Crippen molar-refractivity contribution in [2.24, 2.45) is 0 Å². The molecule has 4 aromatic rings. The molecule has 0 fully saturated rings. The smallest absolute Gasteiger partial charge is 0.337 e. The zero-order chi connectivity index (χ0) is 23.9. The summed E-state index contributed by atoms with van der Waals surface area (Å²) >= 11 is 0. The summed E-state index contributed by atoms with van der Waals surface area (Å²) < 4.78 is 5.30. The topological polar surface area (TPSA) is 113 Å². The zero-order valence-corrected chi connectivity index (χ0v) is 18.6. The minimum atomic E-state index is -1.05. The molecule has 3 N–H and O–H groups in total. The molecule has 0 radical (unpaired) electrons. The van der Waals surface area contributed by atoms with Gasteiger partial charge in [-0.1, -0.05) is 36.4 Å². The molecule has 0 saturated carbocycles. The third-order valence-electron chi connectivity index (χ3n) is 5.40. The van der Waals surface area contributed by atoms with Gasteiger partial charge in [0.2, 0.25) is 0 Å². The average Bonchev–Trinajstić information content (AvgIpc) is 2.86. The Morgan fingerprint density at radius 3 is 2.56 bits per heavy atom. The Labute approximate surface area is 196 Å². The summed E-state index contributed by atoms with van der Waals surface area (Å²) in [5.41, 5.74) is 2.63. The summed E-state index contributed by atoms with van der Waals surface area (Å²) in [6, 6.07) is 21.3. The van der Waals surface area contributed by atoms with Gasteiger partial charge < -0.3 is 20.5 Å². The molecule has 4 rings (SSSR count). The van der Waals surface area contributed by atoms with Crippen LogP contribution in [0.25, 0.3) is 10.9 Å². The van der Waals surface area contributed by atoms with Crippen molar-refractivity contribution < 1.29 is 19.4 Å². The molecule has 1 unspecified atom stereocenters. The van der Waals surface area contributed by atoms with Crippen LogP contribution in [-0.2, 0) is 4.74 Å². The van der Waals surface area contributed by atoms with Crippen molar-refractivity contribution in [1.29, 1.82) is 0 Å². The van der Waals surface area contributed by atoms with E-state index < -0.39 is 5.97 Å². The number of benzene rings is 3. The summed E-state index contributed by atoms with van der Waals surface area (Å²) in [5, 5.41) is 16.5. The van der Waals surface area contributed by atoms with Gasteiger partial charge in [-0.2, -0.15) is 0 Å². The first kappa shape index (κ1) is 22.9. The maximum absolute atomic E-state index is 12.6. The number of amides is 1. The summed E-state index contributed by atoms with van der Waals surface area (Å²) in [7, 11) is 1.63. The summed E-state index contributed by atoms with van der Waals surface area (Å²) in [6.07, 6.45) is 1.97. The van der Waals surface area contributed by atoms with E-state index in [1.54, 1.807) is 31.4 Å². The van der Waals surface area contributed by atoms with E-state index in [9.17, 15) is 14.7 Å². The molecule has 1 amide bonds. The van der Waals surface area contributed by atoms with Crippen molar-refractivity contribution in [2.45, 2.75) is 12.5 Å². The molecule has 3 aromatic carbocycles. The van der Waals surface area contributed by atoms with Crippen LogP contribution in [0.15, 0.2) is 79.1 Å². The van der Waals surface area contributed by atoms with E-state index in [2.05, 4.69) is 20.6 Å². The van der Waals surface area contributed by atoms with Crippen molar-refractivity contribution in [1.82, 2.24) is 9.97 Å². The average molecular weight is 457 g/mol. The molecular weight excluding hydrogens is 432 g/mol. The SMILES string of the molecule is COCCC(Nc1ncnc2c(C(=O)O)cccc12)c1cccc(NC(=O)c2ccccc2)c1. The lowest BCUT2D eigenvalue weighted by atomic mass is 10.0. The first-order valence-electron chi connectivity index (χ1n) is 10.8. The number of aromatic nitrogens is 2. The Bertz CT molecular complexity index is 1310. The van der Waals surface area contributed by atoms with Gasteiger partial charge in [-0.15, -0.1) is 0 Å². The minimum Gasteiger partial charge on any atom is -0.478 e. The molecule has 172 valence electrons. The van der Waals surface area contributed by atoms with Crippen LogP contribution < -0.4 is 10.6 Å². The fourth-order valence-corrected chi connectivity index (χ4v) is 3.72. The van der Waals surface area contributed by atoms with Crippen LogP contribution in [0.1, 0.15) is 38.7 Å². The maximum atomic E-state index is 12.6. The lowest BCUT2D eigenvalue weighted by Crippen LogP contribution is -2.16. The number of hydrogen-bond donors (Lipinski definition) is 3. The van der Waals surface area contributed by atoms with Gasteiger partial charge in [0.05, 0.1) is 17.1 Å². The quantitative estimate of drug-likeness (QED) is 0.332. The fraction of sp³-hybridized carbons (Fsp3) is 0.154. The van der Waals surface area contributed by atoms with Crippen LogP contribution in [0.5, 0.6) is 0 Å². The second-order valence-electron chi connectivity index (χ2n) is 7.65. The second-order valence-corrected chi connectivity index (χ2v) is 7.65. The lowest BCUT2D eigenvalue weighted by molar-refractivity contribution is 0.0698. The van der Waals surface area contributed by atoms with Gasteiger partial charge in [-0.05, 0) is 48.4 Å². The molecule has 0 aliphatic heterocycles. The number of ether oxygens (including phenoxy) is 1. The van der Waals surface area contributed by atoms with Crippen molar-refractivity contribution in [3.63, 3.8) is 0 Å². The predicted molar refractivity (Wildman–Crippen MR) is 130 cm³/mol.